The highest BCUT2D eigenvalue weighted by atomic mass is 19.4. The van der Waals surface area contributed by atoms with Crippen LogP contribution in [0.3, 0.4) is 0 Å². The fourth-order valence-corrected chi connectivity index (χ4v) is 2.67. The highest BCUT2D eigenvalue weighted by Gasteiger charge is 2.30. The third-order valence-corrected chi connectivity index (χ3v) is 4.25. The Morgan fingerprint density at radius 1 is 0.967 bits per heavy atom. The summed E-state index contributed by atoms with van der Waals surface area (Å²) in [6.07, 6.45) is -2.94. The Kier molecular flexibility index (Phi) is 6.15. The number of amides is 1. The van der Waals surface area contributed by atoms with E-state index in [0.29, 0.717) is 17.1 Å². The number of carbonyl (C=O) groups is 2. The Hall–Kier alpha value is -3.68. The van der Waals surface area contributed by atoms with Crippen molar-refractivity contribution >= 4 is 11.7 Å². The molecule has 30 heavy (non-hydrogen) atoms. The van der Waals surface area contributed by atoms with Crippen molar-refractivity contribution in [2.45, 2.75) is 12.6 Å². The van der Waals surface area contributed by atoms with Crippen LogP contribution in [0.2, 0.25) is 0 Å². The maximum atomic E-state index is 12.6. The van der Waals surface area contributed by atoms with Crippen LogP contribution >= 0.6 is 0 Å². The van der Waals surface area contributed by atoms with E-state index < -0.39 is 11.7 Å². The number of rotatable bonds is 6. The molecule has 3 rings (SSSR count). The van der Waals surface area contributed by atoms with Gasteiger partial charge in [0.05, 0.1) is 5.56 Å². The predicted molar refractivity (Wildman–Crippen MR) is 104 cm³/mol. The van der Waals surface area contributed by atoms with Gasteiger partial charge in [0.2, 0.25) is 0 Å². The lowest BCUT2D eigenvalue weighted by Gasteiger charge is -2.09. The number of hydrogen-bond acceptors (Lipinski definition) is 4. The van der Waals surface area contributed by atoms with E-state index in [9.17, 15) is 22.8 Å². The SMILES string of the molecule is CNC(=O)c1cc(Oc2ccc(CC(=O)c3ccc(C(F)(F)F)cc3)cc2)ccn1. The fourth-order valence-electron chi connectivity index (χ4n) is 2.67. The van der Waals surface area contributed by atoms with E-state index in [-0.39, 0.29) is 29.4 Å². The van der Waals surface area contributed by atoms with Gasteiger partial charge in [-0.2, -0.15) is 13.2 Å². The average Bonchev–Trinajstić information content (AvgIpc) is 2.74. The quantitative estimate of drug-likeness (QED) is 0.595. The van der Waals surface area contributed by atoms with Crippen LogP contribution in [0, 0.1) is 0 Å². The number of pyridine rings is 1. The Morgan fingerprint density at radius 3 is 2.23 bits per heavy atom. The van der Waals surface area contributed by atoms with Crippen LogP contribution in [0.15, 0.2) is 66.9 Å². The van der Waals surface area contributed by atoms with Crippen molar-refractivity contribution in [1.82, 2.24) is 10.3 Å². The molecular weight excluding hydrogens is 397 g/mol. The number of carbonyl (C=O) groups excluding carboxylic acids is 2. The first-order valence-electron chi connectivity index (χ1n) is 8.91. The third kappa shape index (κ3) is 5.22. The van der Waals surface area contributed by atoms with Crippen molar-refractivity contribution in [3.8, 4) is 11.5 Å². The van der Waals surface area contributed by atoms with Crippen LogP contribution in [0.25, 0.3) is 0 Å². The van der Waals surface area contributed by atoms with Gasteiger partial charge in [-0.05, 0) is 35.9 Å². The molecule has 0 atom stereocenters. The molecule has 0 saturated carbocycles. The zero-order valence-electron chi connectivity index (χ0n) is 15.9. The van der Waals surface area contributed by atoms with Crippen molar-refractivity contribution in [3.63, 3.8) is 0 Å². The van der Waals surface area contributed by atoms with E-state index in [1.54, 1.807) is 30.3 Å². The highest BCUT2D eigenvalue weighted by Crippen LogP contribution is 2.29. The van der Waals surface area contributed by atoms with Gasteiger partial charge in [-0.3, -0.25) is 14.6 Å². The maximum absolute atomic E-state index is 12.6. The monoisotopic (exact) mass is 414 g/mol. The molecule has 0 fully saturated rings. The molecule has 1 amide bonds. The van der Waals surface area contributed by atoms with Crippen LogP contribution in [-0.2, 0) is 12.6 Å². The molecule has 0 spiro atoms. The first-order chi connectivity index (χ1) is 14.3. The second-order valence-corrected chi connectivity index (χ2v) is 6.38. The summed E-state index contributed by atoms with van der Waals surface area (Å²) in [6.45, 7) is 0. The molecule has 0 aliphatic heterocycles. The number of nitrogens with one attached hydrogen (secondary N) is 1. The molecule has 2 aromatic carbocycles. The molecule has 1 heterocycles. The Labute approximate surface area is 170 Å². The average molecular weight is 414 g/mol. The van der Waals surface area contributed by atoms with Crippen LogP contribution in [-0.4, -0.2) is 23.7 Å². The predicted octanol–water partition coefficient (Wildman–Crippen LogP) is 4.68. The summed E-state index contributed by atoms with van der Waals surface area (Å²) in [5, 5.41) is 2.48. The molecule has 0 aliphatic carbocycles. The molecule has 1 N–H and O–H groups in total. The number of alkyl halides is 3. The van der Waals surface area contributed by atoms with Gasteiger partial charge >= 0.3 is 6.18 Å². The Balaban J connectivity index is 1.64. The van der Waals surface area contributed by atoms with E-state index in [1.165, 1.54) is 31.4 Å². The Morgan fingerprint density at radius 2 is 1.63 bits per heavy atom. The molecule has 5 nitrogen and oxygen atoms in total. The zero-order valence-corrected chi connectivity index (χ0v) is 15.9. The second-order valence-electron chi connectivity index (χ2n) is 6.38. The van der Waals surface area contributed by atoms with E-state index >= 15 is 0 Å². The van der Waals surface area contributed by atoms with Crippen LogP contribution in [0.5, 0.6) is 11.5 Å². The molecule has 154 valence electrons. The molecule has 0 aliphatic rings. The molecule has 8 heteroatoms. The number of benzene rings is 2. The van der Waals surface area contributed by atoms with Gasteiger partial charge in [0.1, 0.15) is 17.2 Å². The van der Waals surface area contributed by atoms with E-state index in [4.69, 9.17) is 4.74 Å². The molecule has 3 aromatic rings. The molecule has 0 bridgehead atoms. The van der Waals surface area contributed by atoms with Crippen LogP contribution in [0.4, 0.5) is 13.2 Å². The smallest absolute Gasteiger partial charge is 0.416 e. The zero-order chi connectivity index (χ0) is 21.7. The summed E-state index contributed by atoms with van der Waals surface area (Å²) in [7, 11) is 1.50. The minimum absolute atomic E-state index is 0.0434. The first-order valence-corrected chi connectivity index (χ1v) is 8.91. The lowest BCUT2D eigenvalue weighted by atomic mass is 10.0. The van der Waals surface area contributed by atoms with Gasteiger partial charge in [0, 0.05) is 31.3 Å². The third-order valence-electron chi connectivity index (χ3n) is 4.25. The summed E-state index contributed by atoms with van der Waals surface area (Å²) >= 11 is 0. The number of halogens is 3. The number of hydrogen-bond donors (Lipinski definition) is 1. The normalized spacial score (nSPS) is 11.1. The second kappa shape index (κ2) is 8.77. The van der Waals surface area contributed by atoms with Gasteiger partial charge in [0.15, 0.2) is 5.78 Å². The van der Waals surface area contributed by atoms with E-state index in [2.05, 4.69) is 10.3 Å². The first kappa shape index (κ1) is 21.0. The minimum atomic E-state index is -4.44. The van der Waals surface area contributed by atoms with Gasteiger partial charge in [-0.25, -0.2) is 0 Å². The summed E-state index contributed by atoms with van der Waals surface area (Å²) < 4.78 is 43.6. The van der Waals surface area contributed by atoms with Crippen molar-refractivity contribution in [2.75, 3.05) is 7.05 Å². The van der Waals surface area contributed by atoms with Gasteiger partial charge in [0.25, 0.3) is 5.91 Å². The minimum Gasteiger partial charge on any atom is -0.457 e. The Bertz CT molecular complexity index is 1050. The number of ketones is 1. The van der Waals surface area contributed by atoms with Crippen molar-refractivity contribution in [1.29, 1.82) is 0 Å². The maximum Gasteiger partial charge on any atom is 0.416 e. The molecule has 0 saturated heterocycles. The van der Waals surface area contributed by atoms with Crippen molar-refractivity contribution in [3.05, 3.63) is 89.2 Å². The van der Waals surface area contributed by atoms with Gasteiger partial charge in [-0.15, -0.1) is 0 Å². The number of Topliss-reactive ketones (excluding diaryl/α,β-unsaturated/α-hetero) is 1. The molecule has 1 aromatic heterocycles. The topological polar surface area (TPSA) is 68.3 Å². The summed E-state index contributed by atoms with van der Waals surface area (Å²) in [4.78, 5) is 27.9. The summed E-state index contributed by atoms with van der Waals surface area (Å²) in [5.41, 5.74) is 0.319. The van der Waals surface area contributed by atoms with Gasteiger partial charge in [-0.1, -0.05) is 24.3 Å². The summed E-state index contributed by atoms with van der Waals surface area (Å²) in [6, 6.07) is 14.0. The van der Waals surface area contributed by atoms with E-state index in [0.717, 1.165) is 12.1 Å². The van der Waals surface area contributed by atoms with Crippen molar-refractivity contribution in [2.24, 2.45) is 0 Å². The van der Waals surface area contributed by atoms with Crippen LogP contribution in [0.1, 0.15) is 32.0 Å². The number of nitrogens with zero attached hydrogens (tertiary/aromatic N) is 1. The summed E-state index contributed by atoms with van der Waals surface area (Å²) in [5.74, 6) is 0.297. The molecular formula is C22H17F3N2O3. The number of aromatic nitrogens is 1. The standard InChI is InChI=1S/C22H17F3N2O3/c1-26-21(29)19-13-18(10-11-27-19)30-17-8-2-14(3-9-17)12-20(28)15-4-6-16(7-5-15)22(23,24)25/h2-11,13H,12H2,1H3,(H,26,29). The molecule has 0 unspecified atom stereocenters. The fraction of sp³-hybridized carbons (Fsp3) is 0.136. The molecule has 0 radical (unpaired) electrons. The lowest BCUT2D eigenvalue weighted by Crippen LogP contribution is -2.18. The van der Waals surface area contributed by atoms with Crippen LogP contribution < -0.4 is 10.1 Å². The van der Waals surface area contributed by atoms with E-state index in [1.807, 2.05) is 0 Å². The largest absolute Gasteiger partial charge is 0.457 e. The van der Waals surface area contributed by atoms with Gasteiger partial charge < -0.3 is 10.1 Å². The van der Waals surface area contributed by atoms with Crippen molar-refractivity contribution < 1.29 is 27.5 Å². The lowest BCUT2D eigenvalue weighted by molar-refractivity contribution is -0.137. The highest BCUT2D eigenvalue weighted by molar-refractivity contribution is 5.97. The number of ether oxygens (including phenoxy) is 1.